The van der Waals surface area contributed by atoms with Crippen molar-refractivity contribution in [1.29, 1.82) is 0 Å². The average Bonchev–Trinajstić information content (AvgIpc) is 2.40. The number of benzene rings is 1. The minimum atomic E-state index is 0.0116. The number of rotatable bonds is 1. The van der Waals surface area contributed by atoms with Crippen molar-refractivity contribution in [3.63, 3.8) is 0 Å². The summed E-state index contributed by atoms with van der Waals surface area (Å²) < 4.78 is 0. The van der Waals surface area contributed by atoms with Gasteiger partial charge in [-0.25, -0.2) is 0 Å². The Hall–Kier alpha value is -1.48. The Balaban J connectivity index is 2.12. The van der Waals surface area contributed by atoms with Gasteiger partial charge in [-0.2, -0.15) is 0 Å². The molecule has 0 fully saturated rings. The maximum absolute atomic E-state index is 12.4. The number of anilines is 1. The van der Waals surface area contributed by atoms with E-state index in [1.54, 1.807) is 18.2 Å². The van der Waals surface area contributed by atoms with E-state index >= 15 is 0 Å². The molecule has 0 aliphatic carbocycles. The van der Waals surface area contributed by atoms with Gasteiger partial charge < -0.3 is 10.6 Å². The van der Waals surface area contributed by atoms with Crippen LogP contribution in [0.1, 0.15) is 37.6 Å². The first-order chi connectivity index (χ1) is 9.29. The Bertz CT molecular complexity index is 558. The summed E-state index contributed by atoms with van der Waals surface area (Å²) in [4.78, 5) is 14.3. The Morgan fingerprint density at radius 2 is 2.05 bits per heavy atom. The standard InChI is InChI=1S/C16H21ClN2O/c1-16(2,3)12-6-8-19(9-7-12)15(20)11-4-5-13(17)14(18)10-11/h4-6,10H,7-9,18H2,1-3H3. The average molecular weight is 293 g/mol. The number of nitrogens with zero attached hydrogens (tertiary/aromatic N) is 1. The second kappa shape index (κ2) is 5.49. The molecular formula is C16H21ClN2O. The molecule has 2 rings (SSSR count). The van der Waals surface area contributed by atoms with Crippen molar-refractivity contribution in [3.8, 4) is 0 Å². The molecule has 20 heavy (non-hydrogen) atoms. The van der Waals surface area contributed by atoms with E-state index in [4.69, 9.17) is 17.3 Å². The third kappa shape index (κ3) is 3.15. The Morgan fingerprint density at radius 3 is 2.55 bits per heavy atom. The predicted molar refractivity (Wildman–Crippen MR) is 83.9 cm³/mol. The normalized spacial score (nSPS) is 16.0. The van der Waals surface area contributed by atoms with E-state index in [0.717, 1.165) is 13.0 Å². The van der Waals surface area contributed by atoms with Gasteiger partial charge in [0.05, 0.1) is 10.7 Å². The first kappa shape index (κ1) is 14.9. The molecule has 0 unspecified atom stereocenters. The maximum atomic E-state index is 12.4. The fourth-order valence-electron chi connectivity index (χ4n) is 2.39. The summed E-state index contributed by atoms with van der Waals surface area (Å²) in [5, 5.41) is 0.482. The molecule has 1 aliphatic heterocycles. The first-order valence-electron chi connectivity index (χ1n) is 6.83. The lowest BCUT2D eigenvalue weighted by Crippen LogP contribution is -2.36. The Labute approximate surface area is 125 Å². The molecular weight excluding hydrogens is 272 g/mol. The molecule has 0 spiro atoms. The zero-order chi connectivity index (χ0) is 14.9. The van der Waals surface area contributed by atoms with Crippen LogP contribution in [0.3, 0.4) is 0 Å². The highest BCUT2D eigenvalue weighted by Crippen LogP contribution is 2.30. The molecule has 1 aromatic rings. The fraction of sp³-hybridized carbons (Fsp3) is 0.438. The highest BCUT2D eigenvalue weighted by atomic mass is 35.5. The van der Waals surface area contributed by atoms with Gasteiger partial charge in [0.1, 0.15) is 0 Å². The van der Waals surface area contributed by atoms with Crippen LogP contribution in [0, 0.1) is 5.41 Å². The topological polar surface area (TPSA) is 46.3 Å². The lowest BCUT2D eigenvalue weighted by atomic mass is 9.83. The van der Waals surface area contributed by atoms with E-state index in [0.29, 0.717) is 22.8 Å². The van der Waals surface area contributed by atoms with E-state index in [1.165, 1.54) is 5.57 Å². The monoisotopic (exact) mass is 292 g/mol. The molecule has 2 N–H and O–H groups in total. The third-order valence-corrected chi connectivity index (χ3v) is 4.05. The van der Waals surface area contributed by atoms with Gasteiger partial charge in [-0.3, -0.25) is 4.79 Å². The van der Waals surface area contributed by atoms with Crippen LogP contribution in [0.4, 0.5) is 5.69 Å². The first-order valence-corrected chi connectivity index (χ1v) is 7.20. The molecule has 1 aliphatic rings. The summed E-state index contributed by atoms with van der Waals surface area (Å²) in [5.74, 6) is 0.0116. The highest BCUT2D eigenvalue weighted by molar-refractivity contribution is 6.33. The summed E-state index contributed by atoms with van der Waals surface area (Å²) in [6.45, 7) is 8.03. The summed E-state index contributed by atoms with van der Waals surface area (Å²) in [6, 6.07) is 5.04. The van der Waals surface area contributed by atoms with Gasteiger partial charge in [0.25, 0.3) is 5.91 Å². The molecule has 1 aromatic carbocycles. The molecule has 1 amide bonds. The van der Waals surface area contributed by atoms with Crippen LogP contribution < -0.4 is 5.73 Å². The van der Waals surface area contributed by atoms with Crippen LogP contribution in [0.5, 0.6) is 0 Å². The molecule has 0 atom stereocenters. The summed E-state index contributed by atoms with van der Waals surface area (Å²) in [5.41, 5.74) is 8.39. The van der Waals surface area contributed by atoms with Crippen LogP contribution in [-0.2, 0) is 0 Å². The molecule has 3 nitrogen and oxygen atoms in total. The molecule has 0 radical (unpaired) electrons. The minimum Gasteiger partial charge on any atom is -0.398 e. The molecule has 0 aromatic heterocycles. The molecule has 0 saturated carbocycles. The van der Waals surface area contributed by atoms with E-state index in [2.05, 4.69) is 26.8 Å². The van der Waals surface area contributed by atoms with Crippen molar-refractivity contribution in [2.24, 2.45) is 5.41 Å². The predicted octanol–water partition coefficient (Wildman–Crippen LogP) is 3.74. The zero-order valence-corrected chi connectivity index (χ0v) is 13.0. The van der Waals surface area contributed by atoms with Gasteiger partial charge in [-0.05, 0) is 30.0 Å². The highest BCUT2D eigenvalue weighted by Gasteiger charge is 2.24. The lowest BCUT2D eigenvalue weighted by Gasteiger charge is -2.32. The maximum Gasteiger partial charge on any atom is 0.254 e. The van der Waals surface area contributed by atoms with Crippen LogP contribution >= 0.6 is 11.6 Å². The molecule has 0 saturated heterocycles. The lowest BCUT2D eigenvalue weighted by molar-refractivity contribution is 0.0765. The Morgan fingerprint density at radius 1 is 1.35 bits per heavy atom. The largest absolute Gasteiger partial charge is 0.398 e. The van der Waals surface area contributed by atoms with Crippen LogP contribution in [0.25, 0.3) is 0 Å². The number of nitrogen functional groups attached to an aromatic ring is 1. The summed E-state index contributed by atoms with van der Waals surface area (Å²) >= 11 is 5.88. The van der Waals surface area contributed by atoms with Gasteiger partial charge in [0, 0.05) is 18.7 Å². The smallest absolute Gasteiger partial charge is 0.254 e. The number of amides is 1. The van der Waals surface area contributed by atoms with Gasteiger partial charge in [-0.15, -0.1) is 0 Å². The van der Waals surface area contributed by atoms with E-state index in [-0.39, 0.29) is 11.3 Å². The van der Waals surface area contributed by atoms with Gasteiger partial charge in [-0.1, -0.05) is 44.0 Å². The van der Waals surface area contributed by atoms with Crippen molar-refractivity contribution >= 4 is 23.2 Å². The van der Waals surface area contributed by atoms with Crippen molar-refractivity contribution < 1.29 is 4.79 Å². The molecule has 108 valence electrons. The van der Waals surface area contributed by atoms with E-state index in [1.807, 2.05) is 4.90 Å². The number of hydrogen-bond acceptors (Lipinski definition) is 2. The van der Waals surface area contributed by atoms with Gasteiger partial charge in [0.2, 0.25) is 0 Å². The van der Waals surface area contributed by atoms with Crippen molar-refractivity contribution in [2.45, 2.75) is 27.2 Å². The second-order valence-corrected chi connectivity index (χ2v) is 6.62. The second-order valence-electron chi connectivity index (χ2n) is 6.22. The van der Waals surface area contributed by atoms with Crippen LogP contribution in [-0.4, -0.2) is 23.9 Å². The van der Waals surface area contributed by atoms with E-state index in [9.17, 15) is 4.79 Å². The minimum absolute atomic E-state index is 0.0116. The van der Waals surface area contributed by atoms with Crippen LogP contribution in [0.2, 0.25) is 5.02 Å². The molecule has 4 heteroatoms. The van der Waals surface area contributed by atoms with Gasteiger partial charge in [0.15, 0.2) is 0 Å². The quantitative estimate of drug-likeness (QED) is 0.633. The van der Waals surface area contributed by atoms with Crippen molar-refractivity contribution in [3.05, 3.63) is 40.4 Å². The van der Waals surface area contributed by atoms with Crippen LogP contribution in [0.15, 0.2) is 29.8 Å². The molecule has 0 bridgehead atoms. The summed E-state index contributed by atoms with van der Waals surface area (Å²) in [7, 11) is 0. The van der Waals surface area contributed by atoms with Crippen molar-refractivity contribution in [2.75, 3.05) is 18.8 Å². The number of halogens is 1. The number of hydrogen-bond donors (Lipinski definition) is 1. The number of carbonyl (C=O) groups excluding carboxylic acids is 1. The fourth-order valence-corrected chi connectivity index (χ4v) is 2.51. The molecule has 1 heterocycles. The summed E-state index contributed by atoms with van der Waals surface area (Å²) in [6.07, 6.45) is 3.10. The van der Waals surface area contributed by atoms with E-state index < -0.39 is 0 Å². The number of nitrogens with two attached hydrogens (primary N) is 1. The number of carbonyl (C=O) groups is 1. The Kier molecular flexibility index (Phi) is 4.09. The third-order valence-electron chi connectivity index (χ3n) is 3.70. The van der Waals surface area contributed by atoms with Crippen molar-refractivity contribution in [1.82, 2.24) is 4.90 Å². The zero-order valence-electron chi connectivity index (χ0n) is 12.2. The van der Waals surface area contributed by atoms with Gasteiger partial charge >= 0.3 is 0 Å². The SMILES string of the molecule is CC(C)(C)C1=CCN(C(=O)c2ccc(Cl)c(N)c2)CC1.